The molecule has 0 saturated carbocycles. The highest BCUT2D eigenvalue weighted by Crippen LogP contribution is 2.41. The van der Waals surface area contributed by atoms with Gasteiger partial charge < -0.3 is 34.1 Å². The summed E-state index contributed by atoms with van der Waals surface area (Å²) in [6, 6.07) is 10.4. The number of phenols is 4. The Morgan fingerprint density at radius 3 is 1.09 bits per heavy atom. The molecule has 1 unspecified atom stereocenters. The molecule has 1 atom stereocenters. The molecule has 0 radical (unpaired) electrons. The van der Waals surface area contributed by atoms with E-state index in [1.54, 1.807) is 0 Å². The Hall–Kier alpha value is -3.28. The summed E-state index contributed by atoms with van der Waals surface area (Å²) in [5.74, 6) is -1.24. The number of rotatable bonds is 4. The number of benzene rings is 4. The molecule has 0 aliphatic heterocycles. The van der Waals surface area contributed by atoms with Crippen molar-refractivity contribution in [2.24, 2.45) is 0 Å². The monoisotopic (exact) mass is 664 g/mol. The minimum atomic E-state index is -4.76. The lowest BCUT2D eigenvalue weighted by molar-refractivity contribution is 0.449. The fourth-order valence-electron chi connectivity index (χ4n) is 5.17. The molecule has 0 fully saturated rings. The maximum atomic E-state index is 12.2. The second-order valence-corrected chi connectivity index (χ2v) is 13.7. The van der Waals surface area contributed by atoms with Crippen LogP contribution in [-0.2, 0) is 46.9 Å². The van der Waals surface area contributed by atoms with Crippen LogP contribution in [0.2, 0.25) is 0 Å². The van der Waals surface area contributed by atoms with Gasteiger partial charge in [0.1, 0.15) is 23.0 Å². The Balaban J connectivity index is 1.85. The fraction of sp³-hybridized carbons (Fsp3) is 0.143. The van der Waals surface area contributed by atoms with Gasteiger partial charge in [0.25, 0.3) is 10.1 Å². The van der Waals surface area contributed by atoms with Crippen LogP contribution < -0.4 is 0 Å². The number of phenolic OH excluding ortho intramolecular Hbond substituents is 4. The quantitative estimate of drug-likeness (QED) is 0.0711. The summed E-state index contributed by atoms with van der Waals surface area (Å²) < 4.78 is 75.9. The van der Waals surface area contributed by atoms with Crippen molar-refractivity contribution in [3.05, 3.63) is 93.0 Å². The Morgan fingerprint density at radius 2 is 0.837 bits per heavy atom. The highest BCUT2D eigenvalue weighted by atomic mass is 32.2. The lowest BCUT2D eigenvalue weighted by Crippen LogP contribution is -2.05. The Bertz CT molecular complexity index is 1800. The summed E-state index contributed by atoms with van der Waals surface area (Å²) in [7, 11) is -4.76. The average Bonchev–Trinajstić information content (AvgIpc) is 2.95. The van der Waals surface area contributed by atoms with E-state index >= 15 is 0 Å². The van der Waals surface area contributed by atoms with Crippen molar-refractivity contribution < 1.29 is 51.3 Å². The zero-order chi connectivity index (χ0) is 31.2. The summed E-state index contributed by atoms with van der Waals surface area (Å²) >= 11 is -1.74. The van der Waals surface area contributed by atoms with Gasteiger partial charge in [-0.3, -0.25) is 4.55 Å². The van der Waals surface area contributed by atoms with Gasteiger partial charge in [-0.05, 0) is 81.9 Å². The van der Waals surface area contributed by atoms with E-state index in [1.165, 1.54) is 36.4 Å². The predicted octanol–water partition coefficient (Wildman–Crippen LogP) is 5.14. The van der Waals surface area contributed by atoms with Crippen LogP contribution in [0.5, 0.6) is 23.0 Å². The first kappa shape index (κ1) is 31.2. The molecule has 4 aromatic rings. The Labute approximate surface area is 256 Å². The molecule has 4 aromatic carbocycles. The molecule has 1 aliphatic rings. The van der Waals surface area contributed by atoms with Crippen molar-refractivity contribution in [2.45, 2.75) is 45.3 Å². The molecule has 0 aromatic heterocycles. The van der Waals surface area contributed by atoms with Crippen molar-refractivity contribution in [2.75, 3.05) is 0 Å². The van der Waals surface area contributed by atoms with Crippen LogP contribution in [0.15, 0.2) is 68.1 Å². The van der Waals surface area contributed by atoms with Crippen LogP contribution >= 0.6 is 24.1 Å². The molecule has 0 heterocycles. The van der Waals surface area contributed by atoms with Crippen molar-refractivity contribution in [1.82, 2.24) is 0 Å². The maximum Gasteiger partial charge on any atom is 0.294 e. The number of hydrogen-bond donors (Lipinski definition) is 8. The van der Waals surface area contributed by atoms with E-state index in [-0.39, 0.29) is 108 Å². The average molecular weight is 665 g/mol. The SMILES string of the molecule is O=S(O)c1cc2c(O)c(c1)Cc1cc(SO)cc(c1O)Cc1cc(S(=O)(=O)O)cc(c1O)Cc1cc(SO)cc(c1O)C2. The molecule has 0 spiro atoms. The summed E-state index contributed by atoms with van der Waals surface area (Å²) in [6.45, 7) is 0. The van der Waals surface area contributed by atoms with Crippen molar-refractivity contribution in [3.8, 4) is 23.0 Å². The molecular formula is C28H24O11S4. The topological polar surface area (TPSA) is 213 Å². The third-order valence-electron chi connectivity index (χ3n) is 7.20. The third-order valence-corrected chi connectivity index (χ3v) is 9.56. The molecule has 226 valence electrons. The minimum Gasteiger partial charge on any atom is -0.507 e. The summed E-state index contributed by atoms with van der Waals surface area (Å²) in [5.41, 5.74) is 0.974. The molecule has 15 heteroatoms. The predicted molar refractivity (Wildman–Crippen MR) is 159 cm³/mol. The van der Waals surface area contributed by atoms with Crippen LogP contribution in [-0.4, -0.2) is 51.3 Å². The normalized spacial score (nSPS) is 14.0. The zero-order valence-electron chi connectivity index (χ0n) is 21.9. The van der Waals surface area contributed by atoms with Crippen LogP contribution in [0, 0.1) is 0 Å². The second-order valence-electron chi connectivity index (χ2n) is 9.97. The van der Waals surface area contributed by atoms with Crippen LogP contribution in [0.4, 0.5) is 0 Å². The van der Waals surface area contributed by atoms with E-state index in [2.05, 4.69) is 0 Å². The van der Waals surface area contributed by atoms with Crippen molar-refractivity contribution in [1.29, 1.82) is 0 Å². The first-order chi connectivity index (χ1) is 20.3. The molecule has 43 heavy (non-hydrogen) atoms. The fourth-order valence-corrected chi connectivity index (χ4v) is 7.01. The van der Waals surface area contributed by atoms with E-state index in [4.69, 9.17) is 0 Å². The lowest BCUT2D eigenvalue weighted by atomic mass is 9.91. The summed E-state index contributed by atoms with van der Waals surface area (Å²) in [4.78, 5) is -0.0581. The Kier molecular flexibility index (Phi) is 8.70. The number of aromatic hydroxyl groups is 4. The first-order valence-corrected chi connectivity index (χ1v) is 16.5. The van der Waals surface area contributed by atoms with Gasteiger partial charge in [-0.1, -0.05) is 0 Å². The molecule has 11 nitrogen and oxygen atoms in total. The van der Waals surface area contributed by atoms with E-state index in [0.717, 1.165) is 12.1 Å². The van der Waals surface area contributed by atoms with Gasteiger partial charge in [-0.15, -0.1) is 0 Å². The molecule has 0 saturated heterocycles. The lowest BCUT2D eigenvalue weighted by Gasteiger charge is -2.19. The third kappa shape index (κ3) is 6.34. The van der Waals surface area contributed by atoms with Gasteiger partial charge in [0.2, 0.25) is 0 Å². The van der Waals surface area contributed by atoms with Crippen molar-refractivity contribution >= 4 is 45.3 Å². The number of fused-ring (bicyclic) bond motifs is 8. The summed E-state index contributed by atoms with van der Waals surface area (Å²) in [6.07, 6.45) is -0.888. The van der Waals surface area contributed by atoms with Gasteiger partial charge in [0.05, 0.1) is 9.79 Å². The highest BCUT2D eigenvalue weighted by molar-refractivity contribution is 7.94. The van der Waals surface area contributed by atoms with E-state index in [1.807, 2.05) is 0 Å². The van der Waals surface area contributed by atoms with Gasteiger partial charge in [-0.25, -0.2) is 4.21 Å². The standard InChI is InChI=1S/C28H24O11S4/c29-25-13-1-17-9-23(42(35)36)10-18(27(17)31)2-14-6-22(41-34)8-16(26(14)30)4-20-12-24(43(37,38)39)11-19(28(20)32)3-15(25)7-21(5-13)40-33/h5-12,29-34H,1-4H2,(H,35,36)(H,37,38,39). The molecule has 1 aliphatic carbocycles. The zero-order valence-corrected chi connectivity index (χ0v) is 25.1. The highest BCUT2D eigenvalue weighted by Gasteiger charge is 2.24. The van der Waals surface area contributed by atoms with Crippen molar-refractivity contribution in [3.63, 3.8) is 0 Å². The van der Waals surface area contributed by atoms with Crippen LogP contribution in [0.1, 0.15) is 44.5 Å². The van der Waals surface area contributed by atoms with Gasteiger partial charge in [-0.2, -0.15) is 8.42 Å². The van der Waals surface area contributed by atoms with Crippen LogP contribution in [0.25, 0.3) is 0 Å². The Morgan fingerprint density at radius 1 is 0.558 bits per heavy atom. The minimum absolute atomic E-state index is 0.00577. The van der Waals surface area contributed by atoms with E-state index in [9.17, 15) is 51.3 Å². The van der Waals surface area contributed by atoms with Gasteiger partial charge >= 0.3 is 0 Å². The molecule has 0 amide bonds. The van der Waals surface area contributed by atoms with E-state index < -0.39 is 26.1 Å². The molecule has 8 N–H and O–H groups in total. The number of hydrogen-bond acceptors (Lipinski definition) is 11. The first-order valence-electron chi connectivity index (χ1n) is 12.4. The maximum absolute atomic E-state index is 12.2. The second kappa shape index (κ2) is 12.0. The smallest absolute Gasteiger partial charge is 0.294 e. The molecule has 8 bridgehead atoms. The van der Waals surface area contributed by atoms with E-state index in [0.29, 0.717) is 24.1 Å². The van der Waals surface area contributed by atoms with Gasteiger partial charge in [0, 0.05) is 70.7 Å². The van der Waals surface area contributed by atoms with Crippen LogP contribution in [0.3, 0.4) is 0 Å². The summed E-state index contributed by atoms with van der Waals surface area (Å²) in [5, 5.41) is 45.0. The molecular weight excluding hydrogens is 641 g/mol. The van der Waals surface area contributed by atoms with Gasteiger partial charge in [0.15, 0.2) is 11.1 Å². The molecule has 5 rings (SSSR count). The largest absolute Gasteiger partial charge is 0.507 e.